The topological polar surface area (TPSA) is 89.5 Å². The van der Waals surface area contributed by atoms with Crippen molar-refractivity contribution in [2.45, 2.75) is 6.42 Å². The van der Waals surface area contributed by atoms with Gasteiger partial charge in [0.1, 0.15) is 4.32 Å². The molecule has 35 heavy (non-hydrogen) atoms. The normalized spacial score (nSPS) is 14.2. The molecule has 0 radical (unpaired) electrons. The van der Waals surface area contributed by atoms with Crippen molar-refractivity contribution >= 4 is 85.9 Å². The van der Waals surface area contributed by atoms with Crippen molar-refractivity contribution in [3.8, 4) is 11.5 Å². The molecular formula is C23H17Cl2N3O4S3. The van der Waals surface area contributed by atoms with E-state index in [0.717, 1.165) is 16.0 Å². The fraction of sp³-hybridized carbons (Fsp3) is 0.130. The molecule has 2 amide bonds. The molecule has 180 valence electrons. The van der Waals surface area contributed by atoms with Gasteiger partial charge in [-0.2, -0.15) is 0 Å². The van der Waals surface area contributed by atoms with Gasteiger partial charge < -0.3 is 14.8 Å². The molecule has 0 unspecified atom stereocenters. The molecule has 1 aromatic heterocycles. The first-order valence-electron chi connectivity index (χ1n) is 10.0. The Morgan fingerprint density at radius 1 is 1.20 bits per heavy atom. The molecule has 3 aromatic rings. The third kappa shape index (κ3) is 6.74. The maximum absolute atomic E-state index is 12.4. The predicted molar refractivity (Wildman–Crippen MR) is 145 cm³/mol. The maximum atomic E-state index is 12.4. The molecule has 1 aliphatic rings. The number of hydrogen-bond donors (Lipinski definition) is 2. The van der Waals surface area contributed by atoms with Crippen LogP contribution in [0, 0.1) is 0 Å². The Hall–Kier alpha value is -2.63. The van der Waals surface area contributed by atoms with E-state index >= 15 is 0 Å². The number of methoxy groups -OCH3 is 1. The molecule has 0 atom stereocenters. The minimum Gasteiger partial charge on any atom is -0.493 e. The summed E-state index contributed by atoms with van der Waals surface area (Å²) in [4.78, 5) is 29.9. The highest BCUT2D eigenvalue weighted by molar-refractivity contribution is 8.26. The average molecular weight is 567 g/mol. The van der Waals surface area contributed by atoms with Gasteiger partial charge in [-0.15, -0.1) is 11.3 Å². The van der Waals surface area contributed by atoms with Crippen LogP contribution in [0.2, 0.25) is 10.0 Å². The number of thiocarbonyl (C=S) groups is 1. The highest BCUT2D eigenvalue weighted by Crippen LogP contribution is 2.32. The molecule has 1 aliphatic heterocycles. The van der Waals surface area contributed by atoms with Crippen LogP contribution >= 0.6 is 58.5 Å². The van der Waals surface area contributed by atoms with E-state index in [4.69, 9.17) is 44.9 Å². The molecule has 2 heterocycles. The number of aromatic nitrogens is 1. The first kappa shape index (κ1) is 25.5. The van der Waals surface area contributed by atoms with E-state index in [1.54, 1.807) is 42.6 Å². The Bertz CT molecular complexity index is 1340. The van der Waals surface area contributed by atoms with Crippen LogP contribution in [-0.4, -0.2) is 34.8 Å². The van der Waals surface area contributed by atoms with Gasteiger partial charge in [-0.1, -0.05) is 59.3 Å². The summed E-state index contributed by atoms with van der Waals surface area (Å²) in [7, 11) is 1.50. The van der Waals surface area contributed by atoms with Crippen LogP contribution < -0.4 is 20.1 Å². The van der Waals surface area contributed by atoms with Crippen LogP contribution in [0.1, 0.15) is 16.0 Å². The monoisotopic (exact) mass is 565 g/mol. The second-order valence-electron chi connectivity index (χ2n) is 7.16. The van der Waals surface area contributed by atoms with Crippen LogP contribution in [0.5, 0.6) is 11.5 Å². The van der Waals surface area contributed by atoms with Gasteiger partial charge in [0.25, 0.3) is 11.8 Å². The molecule has 12 heteroatoms. The summed E-state index contributed by atoms with van der Waals surface area (Å²) < 4.78 is 11.4. The van der Waals surface area contributed by atoms with E-state index in [1.165, 1.54) is 30.2 Å². The summed E-state index contributed by atoms with van der Waals surface area (Å²) in [5.41, 5.74) is 1.73. The van der Waals surface area contributed by atoms with Crippen molar-refractivity contribution in [1.29, 1.82) is 0 Å². The minimum atomic E-state index is -0.360. The third-order valence-electron chi connectivity index (χ3n) is 4.65. The van der Waals surface area contributed by atoms with Crippen molar-refractivity contribution in [2.75, 3.05) is 19.0 Å². The van der Waals surface area contributed by atoms with Gasteiger partial charge in [-0.3, -0.25) is 14.9 Å². The summed E-state index contributed by atoms with van der Waals surface area (Å²) in [6.45, 7) is -0.231. The summed E-state index contributed by atoms with van der Waals surface area (Å²) in [5, 5.41) is 6.76. The van der Waals surface area contributed by atoms with Crippen molar-refractivity contribution in [1.82, 2.24) is 10.3 Å². The second-order valence-corrected chi connectivity index (χ2v) is 10.8. The molecule has 7 nitrogen and oxygen atoms in total. The zero-order chi connectivity index (χ0) is 24.9. The number of anilines is 1. The molecule has 0 spiro atoms. The van der Waals surface area contributed by atoms with E-state index < -0.39 is 0 Å². The molecular weight excluding hydrogens is 549 g/mol. The summed E-state index contributed by atoms with van der Waals surface area (Å²) >= 11 is 19.6. The average Bonchev–Trinajstić information content (AvgIpc) is 3.39. The van der Waals surface area contributed by atoms with Crippen molar-refractivity contribution < 1.29 is 19.1 Å². The third-order valence-corrected chi connectivity index (χ3v) is 7.46. The van der Waals surface area contributed by atoms with Gasteiger partial charge in [0.2, 0.25) is 0 Å². The predicted octanol–water partition coefficient (Wildman–Crippen LogP) is 5.56. The number of nitrogens with zero attached hydrogens (tertiary/aromatic N) is 1. The highest BCUT2D eigenvalue weighted by Gasteiger charge is 2.22. The van der Waals surface area contributed by atoms with Gasteiger partial charge in [0.05, 0.1) is 22.1 Å². The summed E-state index contributed by atoms with van der Waals surface area (Å²) in [6, 6.07) is 10.6. The summed E-state index contributed by atoms with van der Waals surface area (Å²) in [6.07, 6.45) is 4.03. The number of benzene rings is 2. The zero-order valence-electron chi connectivity index (χ0n) is 18.1. The quantitative estimate of drug-likeness (QED) is 0.273. The standard InChI is InChI=1S/C23H17Cl2N3O4S3/c1-31-18-8-13(9-19-21(30)28-23(33)35-19)3-5-17(18)32-11-20(29)27-22-26-10-14(34-22)6-12-2-4-15(24)16(25)7-12/h2-5,7-10H,6,11H2,1H3,(H,26,27,29)(H,28,30,33)/b19-9-. The number of amides is 2. The Kier molecular flexibility index (Phi) is 8.30. The number of rotatable bonds is 8. The van der Waals surface area contributed by atoms with E-state index in [-0.39, 0.29) is 18.4 Å². The maximum Gasteiger partial charge on any atom is 0.264 e. The number of carbonyl (C=O) groups is 2. The lowest BCUT2D eigenvalue weighted by Gasteiger charge is -2.11. The second kappa shape index (κ2) is 11.4. The number of carbonyl (C=O) groups excluding carboxylic acids is 2. The van der Waals surface area contributed by atoms with Crippen LogP contribution in [0.4, 0.5) is 5.13 Å². The lowest BCUT2D eigenvalue weighted by Crippen LogP contribution is -2.20. The molecule has 2 N–H and O–H groups in total. The Morgan fingerprint density at radius 2 is 2.03 bits per heavy atom. The first-order valence-corrected chi connectivity index (χ1v) is 12.8. The summed E-state index contributed by atoms with van der Waals surface area (Å²) in [5.74, 6) is 0.221. The number of nitrogens with one attached hydrogen (secondary N) is 2. The van der Waals surface area contributed by atoms with E-state index in [2.05, 4.69) is 15.6 Å². The zero-order valence-corrected chi connectivity index (χ0v) is 22.1. The molecule has 2 aromatic carbocycles. The number of thioether (sulfide) groups is 1. The SMILES string of the molecule is COc1cc(/C=C2\SC(=S)NC2=O)ccc1OCC(=O)Nc1ncc(Cc2ccc(Cl)c(Cl)c2)s1. The van der Waals surface area contributed by atoms with Crippen LogP contribution in [-0.2, 0) is 16.0 Å². The highest BCUT2D eigenvalue weighted by atomic mass is 35.5. The van der Waals surface area contributed by atoms with E-state index in [9.17, 15) is 9.59 Å². The lowest BCUT2D eigenvalue weighted by atomic mass is 10.1. The fourth-order valence-electron chi connectivity index (χ4n) is 3.06. The Balaban J connectivity index is 1.34. The van der Waals surface area contributed by atoms with Crippen LogP contribution in [0.15, 0.2) is 47.5 Å². The number of thiazole rings is 1. The van der Waals surface area contributed by atoms with Gasteiger partial charge in [0.15, 0.2) is 23.2 Å². The van der Waals surface area contributed by atoms with Crippen molar-refractivity contribution in [2.24, 2.45) is 0 Å². The van der Waals surface area contributed by atoms with Crippen LogP contribution in [0.25, 0.3) is 6.08 Å². The Labute approximate surface area is 224 Å². The molecule has 1 fully saturated rings. The minimum absolute atomic E-state index is 0.231. The fourth-order valence-corrected chi connectivity index (χ4v) is 5.29. The molecule has 0 aliphatic carbocycles. The number of halogens is 2. The van der Waals surface area contributed by atoms with Crippen molar-refractivity contribution in [3.05, 3.63) is 73.5 Å². The van der Waals surface area contributed by atoms with Crippen LogP contribution in [0.3, 0.4) is 0 Å². The van der Waals surface area contributed by atoms with Gasteiger partial charge in [-0.25, -0.2) is 4.98 Å². The lowest BCUT2D eigenvalue weighted by molar-refractivity contribution is -0.118. The van der Waals surface area contributed by atoms with E-state index in [1.807, 2.05) is 6.07 Å². The smallest absolute Gasteiger partial charge is 0.264 e. The van der Waals surface area contributed by atoms with Crippen molar-refractivity contribution in [3.63, 3.8) is 0 Å². The first-order chi connectivity index (χ1) is 16.8. The molecule has 0 bridgehead atoms. The Morgan fingerprint density at radius 3 is 2.74 bits per heavy atom. The van der Waals surface area contributed by atoms with Gasteiger partial charge in [-0.05, 0) is 41.5 Å². The molecule has 1 saturated heterocycles. The van der Waals surface area contributed by atoms with Gasteiger partial charge in [0, 0.05) is 17.5 Å². The van der Waals surface area contributed by atoms with E-state index in [0.29, 0.717) is 42.3 Å². The molecule has 0 saturated carbocycles. The number of ether oxygens (including phenoxy) is 2. The molecule has 4 rings (SSSR count). The largest absolute Gasteiger partial charge is 0.493 e. The van der Waals surface area contributed by atoms with Gasteiger partial charge >= 0.3 is 0 Å². The number of hydrogen-bond acceptors (Lipinski definition) is 8.